The summed E-state index contributed by atoms with van der Waals surface area (Å²) in [6, 6.07) is 5.67. The zero-order valence-corrected chi connectivity index (χ0v) is 12.8. The van der Waals surface area contributed by atoms with Crippen LogP contribution in [0.3, 0.4) is 0 Å². The molecular formula is C16H16ClFN2O2. The third-order valence-electron chi connectivity index (χ3n) is 3.31. The number of aliphatic hydroxyl groups excluding tert-OH is 1. The Kier molecular flexibility index (Phi) is 5.46. The lowest BCUT2D eigenvalue weighted by atomic mass is 10.1. The molecule has 0 bridgehead atoms. The van der Waals surface area contributed by atoms with Gasteiger partial charge < -0.3 is 10.4 Å². The first-order valence-corrected chi connectivity index (χ1v) is 7.24. The predicted molar refractivity (Wildman–Crippen MR) is 82.3 cm³/mol. The summed E-state index contributed by atoms with van der Waals surface area (Å²) in [5, 5.41) is 12.6. The highest BCUT2D eigenvalue weighted by molar-refractivity contribution is 6.30. The van der Waals surface area contributed by atoms with Crippen molar-refractivity contribution < 1.29 is 14.3 Å². The van der Waals surface area contributed by atoms with Crippen molar-refractivity contribution in [3.63, 3.8) is 0 Å². The fourth-order valence-electron chi connectivity index (χ4n) is 2.05. The molecule has 6 heteroatoms. The molecule has 0 aliphatic carbocycles. The van der Waals surface area contributed by atoms with Crippen LogP contribution < -0.4 is 5.32 Å². The largest absolute Gasteiger partial charge is 0.387 e. The number of amides is 1. The lowest BCUT2D eigenvalue weighted by Crippen LogP contribution is -2.29. The summed E-state index contributed by atoms with van der Waals surface area (Å²) in [6.45, 7) is 1.91. The van der Waals surface area contributed by atoms with Gasteiger partial charge in [-0.15, -0.1) is 0 Å². The molecule has 1 heterocycles. The van der Waals surface area contributed by atoms with Crippen LogP contribution in [0.15, 0.2) is 36.7 Å². The maximum absolute atomic E-state index is 13.4. The smallest absolute Gasteiger partial charge is 0.251 e. The van der Waals surface area contributed by atoms with Crippen molar-refractivity contribution in [1.29, 1.82) is 0 Å². The minimum atomic E-state index is -1.01. The molecule has 116 valence electrons. The van der Waals surface area contributed by atoms with E-state index in [1.807, 2.05) is 6.92 Å². The summed E-state index contributed by atoms with van der Waals surface area (Å²) in [5.74, 6) is -0.903. The SMILES string of the molecule is CCc1cnccc1C(=O)NCC(O)c1ccc(Cl)c(F)c1. The van der Waals surface area contributed by atoms with Crippen LogP contribution in [0.5, 0.6) is 0 Å². The Hall–Kier alpha value is -1.98. The van der Waals surface area contributed by atoms with Gasteiger partial charge in [0.25, 0.3) is 5.91 Å². The molecule has 0 spiro atoms. The molecule has 2 N–H and O–H groups in total. The van der Waals surface area contributed by atoms with Crippen molar-refractivity contribution in [2.75, 3.05) is 6.54 Å². The first-order chi connectivity index (χ1) is 10.5. The van der Waals surface area contributed by atoms with Crippen molar-refractivity contribution in [2.24, 2.45) is 0 Å². The van der Waals surface area contributed by atoms with Crippen LogP contribution >= 0.6 is 11.6 Å². The molecule has 0 aliphatic heterocycles. The Bertz CT molecular complexity index is 679. The van der Waals surface area contributed by atoms with Crippen LogP contribution in [-0.2, 0) is 6.42 Å². The minimum absolute atomic E-state index is 0.00985. The van der Waals surface area contributed by atoms with E-state index in [4.69, 9.17) is 11.6 Å². The standard InChI is InChI=1S/C16H16ClFN2O2/c1-2-10-8-19-6-5-12(10)16(22)20-9-15(21)11-3-4-13(17)14(18)7-11/h3-8,15,21H,2,9H2,1H3,(H,20,22). The Morgan fingerprint density at radius 1 is 1.45 bits per heavy atom. The highest BCUT2D eigenvalue weighted by Crippen LogP contribution is 2.20. The number of carbonyl (C=O) groups is 1. The second-order valence-corrected chi connectivity index (χ2v) is 5.19. The van der Waals surface area contributed by atoms with E-state index in [9.17, 15) is 14.3 Å². The van der Waals surface area contributed by atoms with E-state index in [1.54, 1.807) is 18.5 Å². The Morgan fingerprint density at radius 2 is 2.23 bits per heavy atom. The van der Waals surface area contributed by atoms with Gasteiger partial charge in [-0.25, -0.2) is 4.39 Å². The summed E-state index contributed by atoms with van der Waals surface area (Å²) < 4.78 is 13.4. The number of hydrogen-bond acceptors (Lipinski definition) is 3. The number of aromatic nitrogens is 1. The topological polar surface area (TPSA) is 62.2 Å². The third-order valence-corrected chi connectivity index (χ3v) is 3.62. The third kappa shape index (κ3) is 3.81. The summed E-state index contributed by atoms with van der Waals surface area (Å²) in [4.78, 5) is 16.1. The van der Waals surface area contributed by atoms with Crippen molar-refractivity contribution in [3.8, 4) is 0 Å². The molecule has 2 aromatic rings. The summed E-state index contributed by atoms with van der Waals surface area (Å²) in [5.41, 5.74) is 1.70. The molecule has 4 nitrogen and oxygen atoms in total. The van der Waals surface area contributed by atoms with Crippen LogP contribution in [-0.4, -0.2) is 22.5 Å². The maximum Gasteiger partial charge on any atom is 0.251 e. The van der Waals surface area contributed by atoms with Crippen LogP contribution in [0.1, 0.15) is 34.5 Å². The van der Waals surface area contributed by atoms with Crippen molar-refractivity contribution >= 4 is 17.5 Å². The first kappa shape index (κ1) is 16.4. The quantitative estimate of drug-likeness (QED) is 0.889. The highest BCUT2D eigenvalue weighted by Gasteiger charge is 2.14. The number of aliphatic hydroxyl groups is 1. The maximum atomic E-state index is 13.4. The first-order valence-electron chi connectivity index (χ1n) is 6.87. The summed E-state index contributed by atoms with van der Waals surface area (Å²) in [6.07, 6.45) is 2.85. The summed E-state index contributed by atoms with van der Waals surface area (Å²) in [7, 11) is 0. The van der Waals surface area contributed by atoms with E-state index < -0.39 is 11.9 Å². The van der Waals surface area contributed by atoms with Crippen LogP contribution in [0.4, 0.5) is 4.39 Å². The lowest BCUT2D eigenvalue weighted by molar-refractivity contribution is 0.0915. The molecule has 1 amide bonds. The number of nitrogens with zero attached hydrogens (tertiary/aromatic N) is 1. The second-order valence-electron chi connectivity index (χ2n) is 4.79. The van der Waals surface area contributed by atoms with E-state index in [-0.39, 0.29) is 17.5 Å². The van der Waals surface area contributed by atoms with Gasteiger partial charge in [0.1, 0.15) is 5.82 Å². The van der Waals surface area contributed by atoms with E-state index in [0.717, 1.165) is 11.6 Å². The normalized spacial score (nSPS) is 12.0. The molecule has 0 radical (unpaired) electrons. The van der Waals surface area contributed by atoms with Gasteiger partial charge >= 0.3 is 0 Å². The molecule has 1 aromatic heterocycles. The number of benzene rings is 1. The molecule has 0 fully saturated rings. The Labute approximate surface area is 133 Å². The van der Waals surface area contributed by atoms with Crippen LogP contribution in [0.25, 0.3) is 0 Å². The molecule has 0 saturated carbocycles. The zero-order valence-electron chi connectivity index (χ0n) is 12.0. The number of nitrogens with one attached hydrogen (secondary N) is 1. The average Bonchev–Trinajstić information content (AvgIpc) is 2.54. The number of halogens is 2. The van der Waals surface area contributed by atoms with Crippen molar-refractivity contribution in [1.82, 2.24) is 10.3 Å². The van der Waals surface area contributed by atoms with Gasteiger partial charge in [0, 0.05) is 24.5 Å². The number of hydrogen-bond donors (Lipinski definition) is 2. The van der Waals surface area contributed by atoms with E-state index in [2.05, 4.69) is 10.3 Å². The van der Waals surface area contributed by atoms with Crippen LogP contribution in [0.2, 0.25) is 5.02 Å². The minimum Gasteiger partial charge on any atom is -0.387 e. The predicted octanol–water partition coefficient (Wildman–Crippen LogP) is 2.90. The van der Waals surface area contributed by atoms with Gasteiger partial charge in [-0.05, 0) is 35.7 Å². The molecular weight excluding hydrogens is 307 g/mol. The van der Waals surface area contributed by atoms with Crippen molar-refractivity contribution in [2.45, 2.75) is 19.4 Å². The van der Waals surface area contributed by atoms with Gasteiger partial charge in [-0.3, -0.25) is 9.78 Å². The lowest BCUT2D eigenvalue weighted by Gasteiger charge is -2.14. The van der Waals surface area contributed by atoms with Gasteiger partial charge in [-0.2, -0.15) is 0 Å². The number of carbonyl (C=O) groups excluding carboxylic acids is 1. The number of rotatable bonds is 5. The zero-order chi connectivity index (χ0) is 16.1. The second kappa shape index (κ2) is 7.33. The van der Waals surface area contributed by atoms with E-state index in [1.165, 1.54) is 12.1 Å². The van der Waals surface area contributed by atoms with Gasteiger partial charge in [0.05, 0.1) is 11.1 Å². The highest BCUT2D eigenvalue weighted by atomic mass is 35.5. The fourth-order valence-corrected chi connectivity index (χ4v) is 2.17. The molecule has 1 atom stereocenters. The fraction of sp³-hybridized carbons (Fsp3) is 0.250. The Balaban J connectivity index is 2.02. The van der Waals surface area contributed by atoms with Gasteiger partial charge in [-0.1, -0.05) is 24.6 Å². The molecule has 0 aliphatic rings. The van der Waals surface area contributed by atoms with E-state index >= 15 is 0 Å². The molecule has 1 aromatic carbocycles. The number of pyridine rings is 1. The van der Waals surface area contributed by atoms with Crippen molar-refractivity contribution in [3.05, 3.63) is 64.2 Å². The molecule has 0 saturated heterocycles. The monoisotopic (exact) mass is 322 g/mol. The van der Waals surface area contributed by atoms with E-state index in [0.29, 0.717) is 17.5 Å². The van der Waals surface area contributed by atoms with Crippen LogP contribution in [0, 0.1) is 5.82 Å². The van der Waals surface area contributed by atoms with Gasteiger partial charge in [0.2, 0.25) is 0 Å². The molecule has 1 unspecified atom stereocenters. The molecule has 2 rings (SSSR count). The Morgan fingerprint density at radius 3 is 2.91 bits per heavy atom. The molecule has 22 heavy (non-hydrogen) atoms. The van der Waals surface area contributed by atoms with Gasteiger partial charge in [0.15, 0.2) is 0 Å². The number of aryl methyl sites for hydroxylation is 1. The average molecular weight is 323 g/mol. The summed E-state index contributed by atoms with van der Waals surface area (Å²) >= 11 is 5.59.